The topological polar surface area (TPSA) is 29.3 Å². The summed E-state index contributed by atoms with van der Waals surface area (Å²) in [5.74, 6) is 1.18. The van der Waals surface area contributed by atoms with E-state index < -0.39 is 0 Å². The van der Waals surface area contributed by atoms with Crippen molar-refractivity contribution in [1.29, 1.82) is 0 Å². The predicted octanol–water partition coefficient (Wildman–Crippen LogP) is 1.02. The Balaban J connectivity index is 3.54. The first-order valence-corrected chi connectivity index (χ1v) is 5.42. The van der Waals surface area contributed by atoms with E-state index in [-0.39, 0.29) is 6.04 Å². The summed E-state index contributed by atoms with van der Waals surface area (Å²) in [5, 5.41) is 0. The van der Waals surface area contributed by atoms with E-state index in [2.05, 4.69) is 25.1 Å². The van der Waals surface area contributed by atoms with Crippen LogP contribution in [0.5, 0.6) is 0 Å². The quantitative estimate of drug-likeness (QED) is 0.678. The third-order valence-corrected chi connectivity index (χ3v) is 2.55. The monoisotopic (exact) mass is 176 g/mol. The lowest BCUT2D eigenvalue weighted by molar-refractivity contribution is 0.265. The maximum atomic E-state index is 5.68. The lowest BCUT2D eigenvalue weighted by Gasteiger charge is -2.25. The average Bonchev–Trinajstić information content (AvgIpc) is 1.86. The van der Waals surface area contributed by atoms with Crippen LogP contribution in [0.15, 0.2) is 0 Å². The van der Waals surface area contributed by atoms with Gasteiger partial charge in [-0.05, 0) is 27.2 Å². The van der Waals surface area contributed by atoms with Crippen LogP contribution in [0.3, 0.4) is 0 Å². The molecule has 0 saturated carbocycles. The third kappa shape index (κ3) is 5.53. The number of nitrogens with zero attached hydrogens (tertiary/aromatic N) is 1. The standard InChI is InChI=1S/C8H20N2S/c1-7(9)5-10(3)8(2)6-11-4/h7-8H,5-6,9H2,1-4H3. The van der Waals surface area contributed by atoms with Crippen molar-refractivity contribution >= 4 is 11.8 Å². The van der Waals surface area contributed by atoms with Gasteiger partial charge in [-0.2, -0.15) is 11.8 Å². The molecule has 0 aliphatic carbocycles. The van der Waals surface area contributed by atoms with Crippen LogP contribution in [-0.4, -0.2) is 42.6 Å². The zero-order valence-corrected chi connectivity index (χ0v) is 8.82. The Kier molecular flexibility index (Phi) is 6.01. The van der Waals surface area contributed by atoms with E-state index in [0.29, 0.717) is 6.04 Å². The van der Waals surface area contributed by atoms with Crippen LogP contribution in [0.2, 0.25) is 0 Å². The first kappa shape index (κ1) is 11.3. The third-order valence-electron chi connectivity index (χ3n) is 1.74. The van der Waals surface area contributed by atoms with Crippen LogP contribution in [0.4, 0.5) is 0 Å². The Morgan fingerprint density at radius 2 is 2.00 bits per heavy atom. The molecule has 11 heavy (non-hydrogen) atoms. The zero-order chi connectivity index (χ0) is 8.85. The van der Waals surface area contributed by atoms with Crippen LogP contribution in [0.25, 0.3) is 0 Å². The minimum atomic E-state index is 0.282. The van der Waals surface area contributed by atoms with Crippen molar-refractivity contribution < 1.29 is 0 Å². The number of thioether (sulfide) groups is 1. The van der Waals surface area contributed by atoms with Crippen molar-refractivity contribution in [2.75, 3.05) is 25.6 Å². The minimum Gasteiger partial charge on any atom is -0.327 e. The molecule has 0 radical (unpaired) electrons. The smallest absolute Gasteiger partial charge is 0.0155 e. The maximum Gasteiger partial charge on any atom is 0.0155 e. The maximum absolute atomic E-state index is 5.68. The van der Waals surface area contributed by atoms with Gasteiger partial charge in [-0.1, -0.05) is 0 Å². The Bertz CT molecular complexity index is 96.1. The number of rotatable bonds is 5. The van der Waals surface area contributed by atoms with Gasteiger partial charge in [0.15, 0.2) is 0 Å². The van der Waals surface area contributed by atoms with E-state index in [4.69, 9.17) is 5.73 Å². The highest BCUT2D eigenvalue weighted by molar-refractivity contribution is 7.98. The molecule has 2 nitrogen and oxygen atoms in total. The lowest BCUT2D eigenvalue weighted by Crippen LogP contribution is -2.39. The Hall–Kier alpha value is 0.270. The molecule has 0 aromatic rings. The molecule has 2 atom stereocenters. The van der Waals surface area contributed by atoms with Gasteiger partial charge in [0.25, 0.3) is 0 Å². The second-order valence-corrected chi connectivity index (χ2v) is 4.13. The largest absolute Gasteiger partial charge is 0.327 e. The van der Waals surface area contributed by atoms with E-state index in [9.17, 15) is 0 Å². The number of nitrogens with two attached hydrogens (primary N) is 1. The van der Waals surface area contributed by atoms with Gasteiger partial charge in [0.1, 0.15) is 0 Å². The summed E-state index contributed by atoms with van der Waals surface area (Å²) in [6, 6.07) is 0.917. The highest BCUT2D eigenvalue weighted by atomic mass is 32.2. The van der Waals surface area contributed by atoms with Crippen LogP contribution in [0.1, 0.15) is 13.8 Å². The van der Waals surface area contributed by atoms with Crippen molar-refractivity contribution in [3.63, 3.8) is 0 Å². The average molecular weight is 176 g/mol. The molecule has 0 fully saturated rings. The molecule has 0 rings (SSSR count). The fourth-order valence-electron chi connectivity index (χ4n) is 1.00. The normalized spacial score (nSPS) is 16.9. The van der Waals surface area contributed by atoms with Gasteiger partial charge in [0, 0.05) is 24.4 Å². The minimum absolute atomic E-state index is 0.282. The molecular formula is C8H20N2S. The first-order chi connectivity index (χ1) is 5.07. The first-order valence-electron chi connectivity index (χ1n) is 4.02. The van der Waals surface area contributed by atoms with Crippen LogP contribution in [0, 0.1) is 0 Å². The predicted molar refractivity (Wildman–Crippen MR) is 54.1 cm³/mol. The summed E-state index contributed by atoms with van der Waals surface area (Å²) >= 11 is 1.88. The lowest BCUT2D eigenvalue weighted by atomic mass is 10.3. The second-order valence-electron chi connectivity index (χ2n) is 3.22. The fraction of sp³-hybridized carbons (Fsp3) is 1.00. The molecular weight excluding hydrogens is 156 g/mol. The van der Waals surface area contributed by atoms with Gasteiger partial charge in [-0.15, -0.1) is 0 Å². The summed E-state index contributed by atoms with van der Waals surface area (Å²) in [6.45, 7) is 5.27. The molecule has 0 aliphatic heterocycles. The van der Waals surface area contributed by atoms with Gasteiger partial charge < -0.3 is 10.6 Å². The van der Waals surface area contributed by atoms with Gasteiger partial charge in [-0.3, -0.25) is 0 Å². The number of likely N-dealkylation sites (N-methyl/N-ethyl adjacent to an activating group) is 1. The molecule has 0 aromatic carbocycles. The summed E-state index contributed by atoms with van der Waals surface area (Å²) in [6.07, 6.45) is 2.14. The fourth-order valence-corrected chi connectivity index (χ4v) is 1.74. The van der Waals surface area contributed by atoms with Gasteiger partial charge in [0.05, 0.1) is 0 Å². The second kappa shape index (κ2) is 5.86. The van der Waals surface area contributed by atoms with Crippen molar-refractivity contribution in [3.05, 3.63) is 0 Å². The molecule has 68 valence electrons. The number of hydrogen-bond donors (Lipinski definition) is 1. The Labute approximate surface area is 74.5 Å². The molecule has 0 spiro atoms. The summed E-state index contributed by atoms with van der Waals surface area (Å²) in [7, 11) is 2.13. The molecule has 2 N–H and O–H groups in total. The SMILES string of the molecule is CSCC(C)N(C)CC(C)N. The Morgan fingerprint density at radius 3 is 2.36 bits per heavy atom. The van der Waals surface area contributed by atoms with Gasteiger partial charge >= 0.3 is 0 Å². The molecule has 0 saturated heterocycles. The van der Waals surface area contributed by atoms with E-state index in [1.54, 1.807) is 0 Å². The van der Waals surface area contributed by atoms with Crippen molar-refractivity contribution in [2.45, 2.75) is 25.9 Å². The molecule has 0 amide bonds. The van der Waals surface area contributed by atoms with Crippen LogP contribution in [-0.2, 0) is 0 Å². The number of hydrogen-bond acceptors (Lipinski definition) is 3. The van der Waals surface area contributed by atoms with Crippen LogP contribution < -0.4 is 5.73 Å². The zero-order valence-electron chi connectivity index (χ0n) is 8.00. The van der Waals surface area contributed by atoms with E-state index in [1.807, 2.05) is 18.7 Å². The summed E-state index contributed by atoms with van der Waals surface area (Å²) < 4.78 is 0. The van der Waals surface area contributed by atoms with Crippen molar-refractivity contribution in [3.8, 4) is 0 Å². The van der Waals surface area contributed by atoms with E-state index in [1.165, 1.54) is 5.75 Å². The van der Waals surface area contributed by atoms with E-state index >= 15 is 0 Å². The summed E-state index contributed by atoms with van der Waals surface area (Å²) in [4.78, 5) is 2.31. The highest BCUT2D eigenvalue weighted by Gasteiger charge is 2.08. The molecule has 0 aromatic heterocycles. The molecule has 0 aliphatic rings. The highest BCUT2D eigenvalue weighted by Crippen LogP contribution is 2.03. The molecule has 0 bridgehead atoms. The van der Waals surface area contributed by atoms with E-state index in [0.717, 1.165) is 6.54 Å². The van der Waals surface area contributed by atoms with Crippen molar-refractivity contribution in [2.24, 2.45) is 5.73 Å². The molecule has 0 heterocycles. The van der Waals surface area contributed by atoms with Gasteiger partial charge in [-0.25, -0.2) is 0 Å². The Morgan fingerprint density at radius 1 is 1.45 bits per heavy atom. The molecule has 2 unspecified atom stereocenters. The van der Waals surface area contributed by atoms with Crippen LogP contribution >= 0.6 is 11.8 Å². The van der Waals surface area contributed by atoms with Gasteiger partial charge in [0.2, 0.25) is 0 Å². The summed E-state index contributed by atoms with van der Waals surface area (Å²) in [5.41, 5.74) is 5.68. The van der Waals surface area contributed by atoms with Crippen molar-refractivity contribution in [1.82, 2.24) is 4.90 Å². The molecule has 3 heteroatoms.